The number of carboxylic acid groups (broad SMARTS) is 1. The fraction of sp³-hybridized carbons (Fsp3) is 0.857. The summed E-state index contributed by atoms with van der Waals surface area (Å²) in [6.45, 7) is 4.19. The number of ether oxygens (including phenoxy) is 1. The predicted octanol–water partition coefficient (Wildman–Crippen LogP) is 1.81. The van der Waals surface area contributed by atoms with Gasteiger partial charge in [0.15, 0.2) is 0 Å². The Morgan fingerprint density at radius 3 is 2.53 bits per heavy atom. The van der Waals surface area contributed by atoms with E-state index in [-0.39, 0.29) is 17.7 Å². The van der Waals surface area contributed by atoms with Gasteiger partial charge in [0.05, 0.1) is 5.92 Å². The third-order valence-electron chi connectivity index (χ3n) is 3.56. The minimum Gasteiger partial charge on any atom is -0.481 e. The molecular formula is C14H25NO4. The van der Waals surface area contributed by atoms with Crippen LogP contribution in [0, 0.1) is 11.8 Å². The quantitative estimate of drug-likeness (QED) is 0.627. The number of hydrogen-bond donors (Lipinski definition) is 2. The number of carbonyl (C=O) groups is 2. The van der Waals surface area contributed by atoms with Crippen LogP contribution in [0.1, 0.15) is 45.4 Å². The van der Waals surface area contributed by atoms with Crippen LogP contribution in [0.25, 0.3) is 0 Å². The summed E-state index contributed by atoms with van der Waals surface area (Å²) < 4.78 is 5.40. The molecule has 19 heavy (non-hydrogen) atoms. The molecule has 1 saturated carbocycles. The molecule has 0 heterocycles. The SMILES string of the molecule is CCCCOCCCNC(=O)C1CCC(C(=O)O)C1. The number of carboxylic acids is 1. The second kappa shape index (κ2) is 8.91. The van der Waals surface area contributed by atoms with Crippen LogP contribution >= 0.6 is 0 Å². The van der Waals surface area contributed by atoms with Gasteiger partial charge in [0, 0.05) is 25.7 Å². The Morgan fingerprint density at radius 1 is 1.21 bits per heavy atom. The first-order valence-corrected chi connectivity index (χ1v) is 7.23. The predicted molar refractivity (Wildman–Crippen MR) is 71.8 cm³/mol. The van der Waals surface area contributed by atoms with Crippen molar-refractivity contribution in [1.29, 1.82) is 0 Å². The Balaban J connectivity index is 2.04. The minimum atomic E-state index is -0.778. The maximum Gasteiger partial charge on any atom is 0.306 e. The summed E-state index contributed by atoms with van der Waals surface area (Å²) in [4.78, 5) is 22.6. The zero-order valence-corrected chi connectivity index (χ0v) is 11.7. The number of hydrogen-bond acceptors (Lipinski definition) is 3. The van der Waals surface area contributed by atoms with E-state index < -0.39 is 5.97 Å². The van der Waals surface area contributed by atoms with Crippen LogP contribution in [-0.4, -0.2) is 36.7 Å². The van der Waals surface area contributed by atoms with Crippen molar-refractivity contribution in [3.8, 4) is 0 Å². The van der Waals surface area contributed by atoms with E-state index in [0.717, 1.165) is 25.9 Å². The van der Waals surface area contributed by atoms with Gasteiger partial charge in [0.2, 0.25) is 5.91 Å². The molecule has 0 aromatic heterocycles. The van der Waals surface area contributed by atoms with Crippen LogP contribution < -0.4 is 5.32 Å². The summed E-state index contributed by atoms with van der Waals surface area (Å²) in [6, 6.07) is 0. The summed E-state index contributed by atoms with van der Waals surface area (Å²) in [5, 5.41) is 11.7. The molecule has 5 nitrogen and oxygen atoms in total. The third-order valence-corrected chi connectivity index (χ3v) is 3.56. The van der Waals surface area contributed by atoms with Gasteiger partial charge in [-0.15, -0.1) is 0 Å². The number of amides is 1. The van der Waals surface area contributed by atoms with E-state index in [1.807, 2.05) is 0 Å². The molecule has 1 aliphatic rings. The average Bonchev–Trinajstić information content (AvgIpc) is 2.87. The first kappa shape index (κ1) is 16.0. The highest BCUT2D eigenvalue weighted by Crippen LogP contribution is 2.30. The summed E-state index contributed by atoms with van der Waals surface area (Å²) in [5.74, 6) is -1.24. The fourth-order valence-electron chi connectivity index (χ4n) is 2.32. The first-order chi connectivity index (χ1) is 9.15. The number of carbonyl (C=O) groups excluding carboxylic acids is 1. The van der Waals surface area contributed by atoms with E-state index in [1.54, 1.807) is 0 Å². The molecule has 2 atom stereocenters. The Kier molecular flexibility index (Phi) is 7.48. The summed E-state index contributed by atoms with van der Waals surface area (Å²) >= 11 is 0. The maximum absolute atomic E-state index is 11.8. The molecule has 5 heteroatoms. The lowest BCUT2D eigenvalue weighted by Crippen LogP contribution is -2.31. The van der Waals surface area contributed by atoms with Crippen LogP contribution in [0.15, 0.2) is 0 Å². The van der Waals surface area contributed by atoms with Crippen molar-refractivity contribution in [3.63, 3.8) is 0 Å². The van der Waals surface area contributed by atoms with Gasteiger partial charge >= 0.3 is 5.97 Å². The zero-order valence-electron chi connectivity index (χ0n) is 11.7. The van der Waals surface area contributed by atoms with E-state index in [9.17, 15) is 9.59 Å². The van der Waals surface area contributed by atoms with Crippen molar-refractivity contribution in [2.75, 3.05) is 19.8 Å². The molecule has 1 rings (SSSR count). The van der Waals surface area contributed by atoms with Gasteiger partial charge in [-0.05, 0) is 32.1 Å². The Bertz CT molecular complexity index is 293. The van der Waals surface area contributed by atoms with Gasteiger partial charge in [-0.1, -0.05) is 13.3 Å². The number of nitrogens with one attached hydrogen (secondary N) is 1. The number of aliphatic carboxylic acids is 1. The highest BCUT2D eigenvalue weighted by atomic mass is 16.5. The van der Waals surface area contributed by atoms with Gasteiger partial charge in [0.1, 0.15) is 0 Å². The van der Waals surface area contributed by atoms with E-state index in [2.05, 4.69) is 12.2 Å². The van der Waals surface area contributed by atoms with Crippen LogP contribution in [0.4, 0.5) is 0 Å². The lowest BCUT2D eigenvalue weighted by molar-refractivity contribution is -0.141. The molecule has 1 fully saturated rings. The second-order valence-electron chi connectivity index (χ2n) is 5.16. The van der Waals surface area contributed by atoms with Crippen molar-refractivity contribution in [1.82, 2.24) is 5.32 Å². The van der Waals surface area contributed by atoms with Crippen molar-refractivity contribution < 1.29 is 19.4 Å². The fourth-order valence-corrected chi connectivity index (χ4v) is 2.32. The molecule has 2 N–H and O–H groups in total. The average molecular weight is 271 g/mol. The molecule has 0 bridgehead atoms. The molecule has 1 amide bonds. The van der Waals surface area contributed by atoms with Crippen molar-refractivity contribution in [3.05, 3.63) is 0 Å². The standard InChI is InChI=1S/C14H25NO4/c1-2-3-8-19-9-4-7-15-13(16)11-5-6-12(10-11)14(17)18/h11-12H,2-10H2,1H3,(H,15,16)(H,17,18). The Labute approximate surface area is 114 Å². The molecular weight excluding hydrogens is 246 g/mol. The van der Waals surface area contributed by atoms with Crippen molar-refractivity contribution in [2.45, 2.75) is 45.4 Å². The summed E-state index contributed by atoms with van der Waals surface area (Å²) in [6.07, 6.45) is 4.80. The van der Waals surface area contributed by atoms with Crippen LogP contribution in [0.2, 0.25) is 0 Å². The highest BCUT2D eigenvalue weighted by molar-refractivity contribution is 5.80. The normalized spacial score (nSPS) is 22.4. The number of unbranched alkanes of at least 4 members (excludes halogenated alkanes) is 1. The topological polar surface area (TPSA) is 75.6 Å². The van der Waals surface area contributed by atoms with E-state index in [0.29, 0.717) is 32.4 Å². The Morgan fingerprint density at radius 2 is 1.89 bits per heavy atom. The lowest BCUT2D eigenvalue weighted by atomic mass is 10.0. The van der Waals surface area contributed by atoms with E-state index in [1.165, 1.54) is 0 Å². The molecule has 0 radical (unpaired) electrons. The van der Waals surface area contributed by atoms with Gasteiger partial charge in [0.25, 0.3) is 0 Å². The van der Waals surface area contributed by atoms with E-state index in [4.69, 9.17) is 9.84 Å². The number of rotatable bonds is 9. The molecule has 0 aliphatic heterocycles. The largest absolute Gasteiger partial charge is 0.481 e. The second-order valence-corrected chi connectivity index (χ2v) is 5.16. The lowest BCUT2D eigenvalue weighted by Gasteiger charge is -2.10. The van der Waals surface area contributed by atoms with Crippen LogP contribution in [-0.2, 0) is 14.3 Å². The van der Waals surface area contributed by atoms with Gasteiger partial charge in [-0.3, -0.25) is 9.59 Å². The minimum absolute atomic E-state index is 0.00249. The van der Waals surface area contributed by atoms with Gasteiger partial charge < -0.3 is 15.2 Å². The van der Waals surface area contributed by atoms with Crippen molar-refractivity contribution in [2.24, 2.45) is 11.8 Å². The summed E-state index contributed by atoms with van der Waals surface area (Å²) in [7, 11) is 0. The molecule has 0 aromatic rings. The highest BCUT2D eigenvalue weighted by Gasteiger charge is 2.33. The summed E-state index contributed by atoms with van der Waals surface area (Å²) in [5.41, 5.74) is 0. The third kappa shape index (κ3) is 6.05. The molecule has 1 aliphatic carbocycles. The van der Waals surface area contributed by atoms with Crippen molar-refractivity contribution >= 4 is 11.9 Å². The van der Waals surface area contributed by atoms with E-state index >= 15 is 0 Å². The van der Waals surface area contributed by atoms with Gasteiger partial charge in [-0.25, -0.2) is 0 Å². The monoisotopic (exact) mass is 271 g/mol. The van der Waals surface area contributed by atoms with Gasteiger partial charge in [-0.2, -0.15) is 0 Å². The first-order valence-electron chi connectivity index (χ1n) is 7.23. The van der Waals surface area contributed by atoms with Crippen LogP contribution in [0.3, 0.4) is 0 Å². The molecule has 0 aromatic carbocycles. The smallest absolute Gasteiger partial charge is 0.306 e. The molecule has 110 valence electrons. The zero-order chi connectivity index (χ0) is 14.1. The molecule has 2 unspecified atom stereocenters. The van der Waals surface area contributed by atoms with Crippen LogP contribution in [0.5, 0.6) is 0 Å². The molecule has 0 saturated heterocycles. The maximum atomic E-state index is 11.8. The molecule has 0 spiro atoms. The Hall–Kier alpha value is -1.10.